The molecule has 1 saturated carbocycles. The predicted octanol–water partition coefficient (Wildman–Crippen LogP) is 3.47. The minimum absolute atomic E-state index is 0.0561. The Bertz CT molecular complexity index is 993. The van der Waals surface area contributed by atoms with Crippen molar-refractivity contribution >= 4 is 11.6 Å². The first-order chi connectivity index (χ1) is 14.2. The average Bonchev–Trinajstić information content (AvgIpc) is 3.22. The van der Waals surface area contributed by atoms with Gasteiger partial charge in [0.2, 0.25) is 5.75 Å². The number of benzene rings is 1. The molecule has 7 heteroatoms. The van der Waals surface area contributed by atoms with E-state index in [1.165, 1.54) is 0 Å². The largest absolute Gasteiger partial charge is 0.493 e. The average molecular weight is 395 g/mol. The molecule has 2 aromatic heterocycles. The van der Waals surface area contributed by atoms with Crippen LogP contribution in [0.1, 0.15) is 36.0 Å². The van der Waals surface area contributed by atoms with Gasteiger partial charge in [0, 0.05) is 24.6 Å². The maximum atomic E-state index is 12.6. The van der Waals surface area contributed by atoms with E-state index in [1.54, 1.807) is 20.4 Å². The molecule has 1 N–H and O–H groups in total. The summed E-state index contributed by atoms with van der Waals surface area (Å²) in [6, 6.07) is 9.43. The number of hydrogen-bond donors (Lipinski definition) is 1. The smallest absolute Gasteiger partial charge is 0.252 e. The first kappa shape index (κ1) is 19.1. The summed E-state index contributed by atoms with van der Waals surface area (Å²) in [5, 5.41) is 3.14. The first-order valence-corrected chi connectivity index (χ1v) is 9.79. The molecular weight excluding hydrogens is 370 g/mol. The van der Waals surface area contributed by atoms with Gasteiger partial charge in [-0.25, -0.2) is 4.98 Å². The van der Waals surface area contributed by atoms with Gasteiger partial charge in [0.15, 0.2) is 11.5 Å². The Morgan fingerprint density at radius 3 is 2.62 bits per heavy atom. The molecule has 1 aliphatic rings. The number of nitrogens with zero attached hydrogens (tertiary/aromatic N) is 2. The lowest BCUT2D eigenvalue weighted by atomic mass is 9.92. The van der Waals surface area contributed by atoms with E-state index in [4.69, 9.17) is 14.2 Å². The molecule has 0 atom stereocenters. The molecule has 1 aromatic carbocycles. The van der Waals surface area contributed by atoms with E-state index in [1.807, 2.05) is 47.1 Å². The molecule has 0 saturated heterocycles. The molecule has 0 unspecified atom stereocenters. The van der Waals surface area contributed by atoms with Crippen LogP contribution < -0.4 is 19.5 Å². The second-order valence-electron chi connectivity index (χ2n) is 7.17. The summed E-state index contributed by atoms with van der Waals surface area (Å²) in [6.07, 6.45) is 8.92. The fourth-order valence-corrected chi connectivity index (χ4v) is 3.78. The number of ether oxygens (including phenoxy) is 3. The molecule has 0 spiro atoms. The Morgan fingerprint density at radius 2 is 1.86 bits per heavy atom. The second kappa shape index (κ2) is 8.43. The minimum atomic E-state index is -0.0561. The Kier molecular flexibility index (Phi) is 5.55. The molecule has 1 aliphatic carbocycles. The minimum Gasteiger partial charge on any atom is -0.493 e. The number of carbonyl (C=O) groups is 1. The molecule has 0 bridgehead atoms. The third-order valence-corrected chi connectivity index (χ3v) is 5.32. The topological polar surface area (TPSA) is 74.1 Å². The van der Waals surface area contributed by atoms with Gasteiger partial charge in [-0.05, 0) is 49.9 Å². The molecule has 0 radical (unpaired) electrons. The zero-order valence-electron chi connectivity index (χ0n) is 16.6. The normalized spacial score (nSPS) is 19.0. The highest BCUT2D eigenvalue weighted by Crippen LogP contribution is 2.38. The summed E-state index contributed by atoms with van der Waals surface area (Å²) >= 11 is 0. The van der Waals surface area contributed by atoms with Gasteiger partial charge in [-0.2, -0.15) is 0 Å². The summed E-state index contributed by atoms with van der Waals surface area (Å²) in [6.45, 7) is 0. The third-order valence-electron chi connectivity index (χ3n) is 5.32. The van der Waals surface area contributed by atoms with Crippen molar-refractivity contribution in [3.63, 3.8) is 0 Å². The molecule has 1 amide bonds. The number of imidazole rings is 1. The van der Waals surface area contributed by atoms with Crippen molar-refractivity contribution in [3.05, 3.63) is 54.5 Å². The van der Waals surface area contributed by atoms with Crippen molar-refractivity contribution in [1.82, 2.24) is 14.7 Å². The molecule has 2 heterocycles. The number of amides is 1. The number of methoxy groups -OCH3 is 2. The number of carbonyl (C=O) groups excluding carboxylic acids is 1. The van der Waals surface area contributed by atoms with Crippen LogP contribution in [-0.4, -0.2) is 41.7 Å². The molecule has 7 nitrogen and oxygen atoms in total. The van der Waals surface area contributed by atoms with Crippen molar-refractivity contribution in [2.45, 2.75) is 37.8 Å². The van der Waals surface area contributed by atoms with Crippen LogP contribution in [0.2, 0.25) is 0 Å². The number of aromatic nitrogens is 2. The van der Waals surface area contributed by atoms with E-state index in [2.05, 4.69) is 10.3 Å². The number of rotatable bonds is 6. The molecule has 152 valence electrons. The predicted molar refractivity (Wildman–Crippen MR) is 109 cm³/mol. The zero-order chi connectivity index (χ0) is 20.2. The van der Waals surface area contributed by atoms with Crippen molar-refractivity contribution in [3.8, 4) is 17.2 Å². The maximum absolute atomic E-state index is 12.6. The molecule has 4 rings (SSSR count). The highest BCUT2D eigenvalue weighted by atomic mass is 16.5. The quantitative estimate of drug-likeness (QED) is 0.692. The number of hydrogen-bond acceptors (Lipinski definition) is 5. The van der Waals surface area contributed by atoms with Gasteiger partial charge >= 0.3 is 0 Å². The van der Waals surface area contributed by atoms with E-state index in [9.17, 15) is 4.79 Å². The fraction of sp³-hybridized carbons (Fsp3) is 0.364. The van der Waals surface area contributed by atoms with Crippen LogP contribution in [-0.2, 0) is 0 Å². The Labute approximate surface area is 169 Å². The molecule has 3 aromatic rings. The lowest BCUT2D eigenvalue weighted by molar-refractivity contribution is 0.0891. The van der Waals surface area contributed by atoms with E-state index in [0.29, 0.717) is 22.8 Å². The van der Waals surface area contributed by atoms with Crippen LogP contribution >= 0.6 is 0 Å². The van der Waals surface area contributed by atoms with Crippen molar-refractivity contribution in [2.75, 3.05) is 14.2 Å². The number of nitrogens with one attached hydrogen (secondary N) is 1. The Morgan fingerprint density at radius 1 is 1.07 bits per heavy atom. The summed E-state index contributed by atoms with van der Waals surface area (Å²) in [7, 11) is 3.22. The molecular formula is C22H25N3O4. The highest BCUT2D eigenvalue weighted by molar-refractivity contribution is 5.94. The van der Waals surface area contributed by atoms with Crippen LogP contribution in [0, 0.1) is 0 Å². The summed E-state index contributed by atoms with van der Waals surface area (Å²) in [4.78, 5) is 16.8. The highest BCUT2D eigenvalue weighted by Gasteiger charge is 2.25. The molecule has 0 aliphatic heterocycles. The Hall–Kier alpha value is -3.22. The van der Waals surface area contributed by atoms with Gasteiger partial charge in [0.1, 0.15) is 5.65 Å². The summed E-state index contributed by atoms with van der Waals surface area (Å²) in [5.74, 6) is 1.90. The van der Waals surface area contributed by atoms with Crippen molar-refractivity contribution in [2.24, 2.45) is 0 Å². The summed E-state index contributed by atoms with van der Waals surface area (Å²) < 4.78 is 18.8. The second-order valence-corrected chi connectivity index (χ2v) is 7.17. The Balaban J connectivity index is 1.33. The van der Waals surface area contributed by atoms with Crippen molar-refractivity contribution < 1.29 is 19.0 Å². The number of fused-ring (bicyclic) bond motifs is 1. The van der Waals surface area contributed by atoms with E-state index in [-0.39, 0.29) is 18.1 Å². The van der Waals surface area contributed by atoms with Crippen LogP contribution in [0.3, 0.4) is 0 Å². The molecule has 29 heavy (non-hydrogen) atoms. The van der Waals surface area contributed by atoms with Crippen LogP contribution in [0.4, 0.5) is 0 Å². The maximum Gasteiger partial charge on any atom is 0.252 e. The van der Waals surface area contributed by atoms with E-state index < -0.39 is 0 Å². The standard InChI is InChI=1S/C22H25N3O4/c1-27-18-4-3-5-19(21(18)28-2)29-17-9-7-16(8-10-17)24-22(26)15-6-11-20-23-12-13-25(20)14-15/h3-6,11-14,16-17H,7-10H2,1-2H3,(H,24,26). The van der Waals surface area contributed by atoms with Gasteiger partial charge in [0.25, 0.3) is 5.91 Å². The van der Waals surface area contributed by atoms with E-state index >= 15 is 0 Å². The van der Waals surface area contributed by atoms with Crippen molar-refractivity contribution in [1.29, 1.82) is 0 Å². The molecule has 1 fully saturated rings. The SMILES string of the molecule is COc1cccc(OC2CCC(NC(=O)c3ccc4nccn4c3)CC2)c1OC. The van der Waals surface area contributed by atoms with Gasteiger partial charge in [-0.15, -0.1) is 0 Å². The van der Waals surface area contributed by atoms with Crippen LogP contribution in [0.15, 0.2) is 48.9 Å². The number of pyridine rings is 1. The van der Waals surface area contributed by atoms with Gasteiger partial charge in [0.05, 0.1) is 25.9 Å². The number of para-hydroxylation sites is 1. The lowest BCUT2D eigenvalue weighted by Gasteiger charge is -2.30. The first-order valence-electron chi connectivity index (χ1n) is 9.79. The van der Waals surface area contributed by atoms with Crippen LogP contribution in [0.25, 0.3) is 5.65 Å². The van der Waals surface area contributed by atoms with Gasteiger partial charge in [-0.3, -0.25) is 4.79 Å². The monoisotopic (exact) mass is 395 g/mol. The lowest BCUT2D eigenvalue weighted by Crippen LogP contribution is -2.39. The van der Waals surface area contributed by atoms with Gasteiger partial charge < -0.3 is 23.9 Å². The van der Waals surface area contributed by atoms with Crippen LogP contribution in [0.5, 0.6) is 17.2 Å². The van der Waals surface area contributed by atoms with Gasteiger partial charge in [-0.1, -0.05) is 6.07 Å². The van der Waals surface area contributed by atoms with E-state index in [0.717, 1.165) is 31.3 Å². The third kappa shape index (κ3) is 4.13. The summed E-state index contributed by atoms with van der Waals surface area (Å²) in [5.41, 5.74) is 1.46. The zero-order valence-corrected chi connectivity index (χ0v) is 16.6. The fourth-order valence-electron chi connectivity index (χ4n) is 3.78.